The van der Waals surface area contributed by atoms with Crippen LogP contribution < -0.4 is 4.90 Å². The number of aromatic nitrogens is 3. The third-order valence-electron chi connectivity index (χ3n) is 6.16. The van der Waals surface area contributed by atoms with E-state index in [-0.39, 0.29) is 17.3 Å². The van der Waals surface area contributed by atoms with Gasteiger partial charge in [-0.25, -0.2) is 18.4 Å². The van der Waals surface area contributed by atoms with E-state index < -0.39 is 10.0 Å². The summed E-state index contributed by atoms with van der Waals surface area (Å²) in [6, 6.07) is 2.30. The molecule has 1 saturated carbocycles. The molecule has 4 heterocycles. The van der Waals surface area contributed by atoms with Crippen LogP contribution in [0.15, 0.2) is 18.6 Å². The van der Waals surface area contributed by atoms with Crippen molar-refractivity contribution < 1.29 is 13.2 Å². The van der Waals surface area contributed by atoms with Gasteiger partial charge in [-0.2, -0.15) is 4.31 Å². The van der Waals surface area contributed by atoms with Gasteiger partial charge in [0.2, 0.25) is 10.0 Å². The number of fused-ring (bicyclic) bond motifs is 1. The highest BCUT2D eigenvalue weighted by molar-refractivity contribution is 7.89. The van der Waals surface area contributed by atoms with Crippen LogP contribution in [0.5, 0.6) is 0 Å². The quantitative estimate of drug-likeness (QED) is 0.835. The third-order valence-corrected chi connectivity index (χ3v) is 8.10. The molecule has 9 heteroatoms. The molecule has 2 aliphatic heterocycles. The Morgan fingerprint density at radius 1 is 1.38 bits per heavy atom. The summed E-state index contributed by atoms with van der Waals surface area (Å²) in [5.41, 5.74) is 0.676. The van der Waals surface area contributed by atoms with Crippen molar-refractivity contribution in [2.24, 2.45) is 5.92 Å². The van der Waals surface area contributed by atoms with Crippen molar-refractivity contribution in [1.29, 1.82) is 0 Å². The monoisotopic (exact) mass is 377 g/mol. The van der Waals surface area contributed by atoms with Gasteiger partial charge in [0.25, 0.3) is 0 Å². The lowest BCUT2D eigenvalue weighted by atomic mass is 9.81. The molecular formula is C17H23N5O3S. The zero-order chi connectivity index (χ0) is 17.9. The first-order chi connectivity index (χ1) is 12.5. The van der Waals surface area contributed by atoms with Gasteiger partial charge in [-0.05, 0) is 24.8 Å². The fraction of sp³-hybridized carbons (Fsp3) is 0.647. The second-order valence-electron chi connectivity index (χ2n) is 7.87. The lowest BCUT2D eigenvalue weighted by Gasteiger charge is -2.54. The van der Waals surface area contributed by atoms with Crippen molar-refractivity contribution in [1.82, 2.24) is 19.3 Å². The second kappa shape index (κ2) is 5.64. The number of ether oxygens (including phenoxy) is 1. The molecule has 1 aliphatic carbocycles. The van der Waals surface area contributed by atoms with Crippen LogP contribution in [0.2, 0.25) is 0 Å². The number of H-pyrrole nitrogens is 1. The van der Waals surface area contributed by atoms with Gasteiger partial charge in [0, 0.05) is 38.8 Å². The van der Waals surface area contributed by atoms with Crippen LogP contribution in [0.4, 0.5) is 5.82 Å². The molecule has 2 aromatic heterocycles. The van der Waals surface area contributed by atoms with Crippen LogP contribution in [-0.4, -0.2) is 71.8 Å². The number of rotatable bonds is 5. The molecule has 1 spiro atoms. The molecule has 3 aliphatic rings. The maximum absolute atomic E-state index is 12.6. The summed E-state index contributed by atoms with van der Waals surface area (Å²) in [6.07, 6.45) is 6.16. The summed E-state index contributed by atoms with van der Waals surface area (Å²) >= 11 is 0. The molecule has 0 amide bonds. The molecule has 0 atom stereocenters. The second-order valence-corrected chi connectivity index (χ2v) is 9.88. The first kappa shape index (κ1) is 16.5. The van der Waals surface area contributed by atoms with E-state index >= 15 is 0 Å². The minimum atomic E-state index is -3.17. The van der Waals surface area contributed by atoms with Crippen molar-refractivity contribution in [2.45, 2.75) is 30.9 Å². The van der Waals surface area contributed by atoms with Gasteiger partial charge in [0.15, 0.2) is 0 Å². The average molecular weight is 377 g/mol. The van der Waals surface area contributed by atoms with Crippen LogP contribution in [0, 0.1) is 5.92 Å². The van der Waals surface area contributed by atoms with Crippen LogP contribution >= 0.6 is 0 Å². The van der Waals surface area contributed by atoms with E-state index in [1.165, 1.54) is 0 Å². The van der Waals surface area contributed by atoms with Gasteiger partial charge in [-0.3, -0.25) is 0 Å². The van der Waals surface area contributed by atoms with Crippen LogP contribution in [0.3, 0.4) is 0 Å². The Bertz CT molecular complexity index is 925. The van der Waals surface area contributed by atoms with E-state index in [0.717, 1.165) is 42.7 Å². The van der Waals surface area contributed by atoms with Gasteiger partial charge in [-0.15, -0.1) is 0 Å². The van der Waals surface area contributed by atoms with Crippen LogP contribution in [-0.2, 0) is 14.8 Å². The molecule has 26 heavy (non-hydrogen) atoms. The summed E-state index contributed by atoms with van der Waals surface area (Å²) in [5, 5.41) is 0.998. The smallest absolute Gasteiger partial charge is 0.214 e. The number of hydrogen-bond acceptors (Lipinski definition) is 6. The molecule has 0 bridgehead atoms. The number of nitrogens with one attached hydrogen (secondary N) is 1. The van der Waals surface area contributed by atoms with Gasteiger partial charge < -0.3 is 14.6 Å². The third kappa shape index (κ3) is 2.52. The SMILES string of the molecule is CN(c1ncnc2[nH]ccc12)C1CC(CS(=O)(=O)N2CC3(CCO3)C2)C1. The van der Waals surface area contributed by atoms with E-state index in [2.05, 4.69) is 19.9 Å². The normalized spacial score (nSPS) is 27.7. The van der Waals surface area contributed by atoms with Gasteiger partial charge in [0.05, 0.1) is 23.3 Å². The first-order valence-corrected chi connectivity index (χ1v) is 10.7. The predicted octanol–water partition coefficient (Wildman–Crippen LogP) is 0.977. The summed E-state index contributed by atoms with van der Waals surface area (Å²) in [7, 11) is -1.14. The highest BCUT2D eigenvalue weighted by atomic mass is 32.2. The summed E-state index contributed by atoms with van der Waals surface area (Å²) < 4.78 is 32.2. The topological polar surface area (TPSA) is 91.4 Å². The molecule has 0 unspecified atom stereocenters. The molecule has 3 fully saturated rings. The summed E-state index contributed by atoms with van der Waals surface area (Å²) in [5.74, 6) is 1.36. The van der Waals surface area contributed by atoms with Crippen LogP contribution in [0.25, 0.3) is 11.0 Å². The summed E-state index contributed by atoms with van der Waals surface area (Å²) in [4.78, 5) is 13.9. The maximum atomic E-state index is 12.6. The molecule has 2 aromatic rings. The Labute approximate surface area is 152 Å². The van der Waals surface area contributed by atoms with Crippen molar-refractivity contribution >= 4 is 26.9 Å². The average Bonchev–Trinajstić information content (AvgIpc) is 2.95. The fourth-order valence-electron chi connectivity index (χ4n) is 4.30. The van der Waals surface area contributed by atoms with E-state index in [1.54, 1.807) is 10.6 Å². The molecule has 0 radical (unpaired) electrons. The van der Waals surface area contributed by atoms with Gasteiger partial charge in [0.1, 0.15) is 17.8 Å². The minimum Gasteiger partial charge on any atom is -0.372 e. The Morgan fingerprint density at radius 2 is 2.15 bits per heavy atom. The lowest BCUT2D eigenvalue weighted by molar-refractivity contribution is -0.200. The van der Waals surface area contributed by atoms with Crippen molar-refractivity contribution in [3.63, 3.8) is 0 Å². The van der Waals surface area contributed by atoms with Crippen molar-refractivity contribution in [3.8, 4) is 0 Å². The number of hydrogen-bond donors (Lipinski definition) is 1. The van der Waals surface area contributed by atoms with E-state index in [4.69, 9.17) is 4.74 Å². The van der Waals surface area contributed by atoms with Crippen molar-refractivity contribution in [3.05, 3.63) is 18.6 Å². The Hall–Kier alpha value is -1.71. The molecule has 2 saturated heterocycles. The van der Waals surface area contributed by atoms with Crippen LogP contribution in [0.1, 0.15) is 19.3 Å². The molecule has 1 N–H and O–H groups in total. The molecular weight excluding hydrogens is 354 g/mol. The van der Waals surface area contributed by atoms with E-state index in [9.17, 15) is 8.42 Å². The van der Waals surface area contributed by atoms with E-state index in [1.807, 2.05) is 19.3 Å². The van der Waals surface area contributed by atoms with Gasteiger partial charge in [-0.1, -0.05) is 0 Å². The maximum Gasteiger partial charge on any atom is 0.214 e. The number of aromatic amines is 1. The number of sulfonamides is 1. The fourth-order valence-corrected chi connectivity index (χ4v) is 6.24. The zero-order valence-corrected chi connectivity index (χ0v) is 15.6. The number of nitrogens with zero attached hydrogens (tertiary/aromatic N) is 4. The minimum absolute atomic E-state index is 0.148. The van der Waals surface area contributed by atoms with Gasteiger partial charge >= 0.3 is 0 Å². The predicted molar refractivity (Wildman–Crippen MR) is 97.5 cm³/mol. The largest absolute Gasteiger partial charge is 0.372 e. The number of anilines is 1. The zero-order valence-electron chi connectivity index (χ0n) is 14.8. The Morgan fingerprint density at radius 3 is 2.85 bits per heavy atom. The van der Waals surface area contributed by atoms with Crippen molar-refractivity contribution in [2.75, 3.05) is 37.4 Å². The first-order valence-electron chi connectivity index (χ1n) is 9.09. The standard InChI is InChI=1S/C17H23N5O3S/c1-21(16-14-2-4-18-15(14)19-11-20-16)13-6-12(7-13)8-26(23,24)22-9-17(10-22)3-5-25-17/h2,4,11-13H,3,5-10H2,1H3,(H,18,19,20). The Kier molecular flexibility index (Phi) is 3.57. The molecule has 8 nitrogen and oxygen atoms in total. The lowest BCUT2D eigenvalue weighted by Crippen LogP contribution is -2.69. The summed E-state index contributed by atoms with van der Waals surface area (Å²) in [6.45, 7) is 1.84. The highest BCUT2D eigenvalue weighted by Crippen LogP contribution is 2.40. The molecule has 5 rings (SSSR count). The van der Waals surface area contributed by atoms with E-state index in [0.29, 0.717) is 19.1 Å². The highest BCUT2D eigenvalue weighted by Gasteiger charge is 2.53. The molecule has 0 aromatic carbocycles. The Balaban J connectivity index is 1.19. The molecule has 140 valence electrons.